The summed E-state index contributed by atoms with van der Waals surface area (Å²) in [4.78, 5) is 0. The van der Waals surface area contributed by atoms with Gasteiger partial charge in [0.15, 0.2) is 11.5 Å². The molecule has 0 unspecified atom stereocenters. The van der Waals surface area contributed by atoms with Gasteiger partial charge in [0.25, 0.3) is 0 Å². The summed E-state index contributed by atoms with van der Waals surface area (Å²) in [5.74, 6) is 1.19. The first-order valence-electron chi connectivity index (χ1n) is 5.86. The Hall–Kier alpha value is -1.30. The lowest BCUT2D eigenvalue weighted by atomic mass is 10.1. The van der Waals surface area contributed by atoms with E-state index in [4.69, 9.17) is 19.3 Å². The molecular weight excluding hydrogens is 236 g/mol. The summed E-state index contributed by atoms with van der Waals surface area (Å²) in [5.41, 5.74) is 0.774. The van der Waals surface area contributed by atoms with Gasteiger partial charge >= 0.3 is 0 Å². The molecular formula is C13H20O5. The Kier molecular flexibility index (Phi) is 6.49. The molecule has 102 valence electrons. The SMILES string of the molecule is COc1cc([C@@H](C)O)ccc1OCCOCCO. The Balaban J connectivity index is 2.54. The van der Waals surface area contributed by atoms with Crippen LogP contribution < -0.4 is 9.47 Å². The third-order valence-electron chi connectivity index (χ3n) is 2.39. The van der Waals surface area contributed by atoms with Gasteiger partial charge in [0, 0.05) is 0 Å². The van der Waals surface area contributed by atoms with Crippen molar-refractivity contribution in [2.24, 2.45) is 0 Å². The van der Waals surface area contributed by atoms with Crippen molar-refractivity contribution in [1.82, 2.24) is 0 Å². The van der Waals surface area contributed by atoms with Crippen LogP contribution in [0, 0.1) is 0 Å². The average molecular weight is 256 g/mol. The molecule has 0 spiro atoms. The van der Waals surface area contributed by atoms with E-state index in [-0.39, 0.29) is 6.61 Å². The summed E-state index contributed by atoms with van der Waals surface area (Å²) in [6.07, 6.45) is -0.541. The Morgan fingerprint density at radius 3 is 2.56 bits per heavy atom. The zero-order chi connectivity index (χ0) is 13.4. The van der Waals surface area contributed by atoms with Crippen LogP contribution in [0.5, 0.6) is 11.5 Å². The molecule has 18 heavy (non-hydrogen) atoms. The molecule has 1 aromatic carbocycles. The standard InChI is InChI=1S/C13H20O5/c1-10(15)11-3-4-12(13(9-11)16-2)18-8-7-17-6-5-14/h3-4,9-10,14-15H,5-8H2,1-2H3/t10-/m1/s1. The predicted molar refractivity (Wildman–Crippen MR) is 67.0 cm³/mol. The maximum Gasteiger partial charge on any atom is 0.161 e. The van der Waals surface area contributed by atoms with Gasteiger partial charge in [-0.2, -0.15) is 0 Å². The molecule has 0 saturated carbocycles. The topological polar surface area (TPSA) is 68.2 Å². The third-order valence-corrected chi connectivity index (χ3v) is 2.39. The number of methoxy groups -OCH3 is 1. The van der Waals surface area contributed by atoms with Crippen LogP contribution in [0.4, 0.5) is 0 Å². The molecule has 0 fully saturated rings. The van der Waals surface area contributed by atoms with Crippen molar-refractivity contribution in [2.75, 3.05) is 33.5 Å². The van der Waals surface area contributed by atoms with Gasteiger partial charge in [-0.15, -0.1) is 0 Å². The zero-order valence-electron chi connectivity index (χ0n) is 10.8. The van der Waals surface area contributed by atoms with Gasteiger partial charge in [0.05, 0.1) is 33.0 Å². The minimum Gasteiger partial charge on any atom is -0.493 e. The summed E-state index contributed by atoms with van der Waals surface area (Å²) in [7, 11) is 1.55. The van der Waals surface area contributed by atoms with E-state index in [0.717, 1.165) is 5.56 Å². The van der Waals surface area contributed by atoms with Gasteiger partial charge in [-0.1, -0.05) is 6.07 Å². The summed E-state index contributed by atoms with van der Waals surface area (Å²) < 4.78 is 15.8. The molecule has 0 aliphatic heterocycles. The Morgan fingerprint density at radius 2 is 1.94 bits per heavy atom. The summed E-state index contributed by atoms with van der Waals surface area (Å²) >= 11 is 0. The Morgan fingerprint density at radius 1 is 1.17 bits per heavy atom. The van der Waals surface area contributed by atoms with Gasteiger partial charge in [-0.05, 0) is 24.6 Å². The fraction of sp³-hybridized carbons (Fsp3) is 0.538. The van der Waals surface area contributed by atoms with Crippen molar-refractivity contribution in [3.05, 3.63) is 23.8 Å². The summed E-state index contributed by atoms with van der Waals surface area (Å²) in [6, 6.07) is 5.29. The molecule has 5 heteroatoms. The maximum absolute atomic E-state index is 9.47. The largest absolute Gasteiger partial charge is 0.493 e. The molecule has 0 amide bonds. The molecule has 0 heterocycles. The minimum atomic E-state index is -0.541. The molecule has 0 aromatic heterocycles. The highest BCUT2D eigenvalue weighted by Gasteiger charge is 2.08. The molecule has 2 N–H and O–H groups in total. The maximum atomic E-state index is 9.47. The van der Waals surface area contributed by atoms with Crippen molar-refractivity contribution in [3.63, 3.8) is 0 Å². The highest BCUT2D eigenvalue weighted by atomic mass is 16.5. The number of aliphatic hydroxyl groups is 2. The van der Waals surface area contributed by atoms with E-state index in [0.29, 0.717) is 31.3 Å². The minimum absolute atomic E-state index is 0.00636. The lowest BCUT2D eigenvalue weighted by Crippen LogP contribution is -2.09. The number of rotatable bonds is 8. The number of benzene rings is 1. The lowest BCUT2D eigenvalue weighted by Gasteiger charge is -2.13. The van der Waals surface area contributed by atoms with Crippen LogP contribution in [0.3, 0.4) is 0 Å². The highest BCUT2D eigenvalue weighted by molar-refractivity contribution is 5.43. The summed E-state index contributed by atoms with van der Waals surface area (Å²) in [5, 5.41) is 18.0. The Labute approximate surface area is 107 Å². The molecule has 0 aliphatic rings. The fourth-order valence-electron chi connectivity index (χ4n) is 1.44. The van der Waals surface area contributed by atoms with Gasteiger partial charge in [0.2, 0.25) is 0 Å². The quantitative estimate of drug-likeness (QED) is 0.683. The van der Waals surface area contributed by atoms with E-state index < -0.39 is 6.10 Å². The molecule has 0 radical (unpaired) electrons. The second-order valence-electron chi connectivity index (χ2n) is 3.77. The molecule has 5 nitrogen and oxygen atoms in total. The molecule has 1 aromatic rings. The fourth-order valence-corrected chi connectivity index (χ4v) is 1.44. The van der Waals surface area contributed by atoms with E-state index in [1.165, 1.54) is 0 Å². The normalized spacial score (nSPS) is 12.2. The van der Waals surface area contributed by atoms with Gasteiger partial charge in [0.1, 0.15) is 6.61 Å². The van der Waals surface area contributed by atoms with Crippen LogP contribution in [0.15, 0.2) is 18.2 Å². The van der Waals surface area contributed by atoms with Crippen LogP contribution in [0.2, 0.25) is 0 Å². The van der Waals surface area contributed by atoms with Crippen LogP contribution in [-0.4, -0.2) is 43.8 Å². The first kappa shape index (κ1) is 14.8. The van der Waals surface area contributed by atoms with Gasteiger partial charge < -0.3 is 24.4 Å². The molecule has 0 bridgehead atoms. The predicted octanol–water partition coefficient (Wildman–Crippen LogP) is 1.14. The number of ether oxygens (including phenoxy) is 3. The van der Waals surface area contributed by atoms with Gasteiger partial charge in [-0.25, -0.2) is 0 Å². The van der Waals surface area contributed by atoms with Crippen molar-refractivity contribution in [3.8, 4) is 11.5 Å². The third kappa shape index (κ3) is 4.52. The van der Waals surface area contributed by atoms with Crippen LogP contribution in [-0.2, 0) is 4.74 Å². The number of aliphatic hydroxyl groups excluding tert-OH is 2. The number of hydrogen-bond acceptors (Lipinski definition) is 5. The second kappa shape index (κ2) is 7.92. The molecule has 0 saturated heterocycles. The second-order valence-corrected chi connectivity index (χ2v) is 3.77. The van der Waals surface area contributed by atoms with Crippen LogP contribution in [0.1, 0.15) is 18.6 Å². The monoisotopic (exact) mass is 256 g/mol. The van der Waals surface area contributed by atoms with E-state index in [1.54, 1.807) is 32.2 Å². The van der Waals surface area contributed by atoms with E-state index >= 15 is 0 Å². The first-order chi connectivity index (χ1) is 8.69. The van der Waals surface area contributed by atoms with Crippen molar-refractivity contribution >= 4 is 0 Å². The highest BCUT2D eigenvalue weighted by Crippen LogP contribution is 2.30. The van der Waals surface area contributed by atoms with Crippen molar-refractivity contribution in [1.29, 1.82) is 0 Å². The van der Waals surface area contributed by atoms with Gasteiger partial charge in [-0.3, -0.25) is 0 Å². The van der Waals surface area contributed by atoms with Crippen LogP contribution in [0.25, 0.3) is 0 Å². The first-order valence-corrected chi connectivity index (χ1v) is 5.86. The van der Waals surface area contributed by atoms with Crippen LogP contribution >= 0.6 is 0 Å². The average Bonchev–Trinajstić information content (AvgIpc) is 2.38. The smallest absolute Gasteiger partial charge is 0.161 e. The summed E-state index contributed by atoms with van der Waals surface area (Å²) in [6.45, 7) is 2.79. The van der Waals surface area contributed by atoms with E-state index in [2.05, 4.69) is 0 Å². The van der Waals surface area contributed by atoms with E-state index in [1.807, 2.05) is 0 Å². The molecule has 1 rings (SSSR count). The van der Waals surface area contributed by atoms with Crippen molar-refractivity contribution < 1.29 is 24.4 Å². The molecule has 1 atom stereocenters. The molecule has 0 aliphatic carbocycles. The van der Waals surface area contributed by atoms with Crippen molar-refractivity contribution in [2.45, 2.75) is 13.0 Å². The zero-order valence-corrected chi connectivity index (χ0v) is 10.8. The Bertz CT molecular complexity index is 351. The lowest BCUT2D eigenvalue weighted by molar-refractivity contribution is 0.0698. The number of hydrogen-bond donors (Lipinski definition) is 2. The van der Waals surface area contributed by atoms with E-state index in [9.17, 15) is 5.11 Å².